The van der Waals surface area contributed by atoms with Crippen molar-refractivity contribution in [3.05, 3.63) is 11.9 Å². The summed E-state index contributed by atoms with van der Waals surface area (Å²) >= 11 is 0. The molecule has 1 aliphatic carbocycles. The third kappa shape index (κ3) is 3.28. The molecule has 2 fully saturated rings. The molecule has 116 valence electrons. The van der Waals surface area contributed by atoms with Crippen LogP contribution in [0.15, 0.2) is 6.07 Å². The summed E-state index contributed by atoms with van der Waals surface area (Å²) in [6.45, 7) is 5.87. The fraction of sp³-hybridized carbons (Fsp3) is 0.750. The lowest BCUT2D eigenvalue weighted by atomic mass is 10.0. The molecule has 1 aromatic heterocycles. The van der Waals surface area contributed by atoms with E-state index in [4.69, 9.17) is 9.72 Å². The first-order chi connectivity index (χ1) is 10.3. The highest BCUT2D eigenvalue weighted by atomic mass is 16.5. The Hall–Kier alpha value is -1.36. The van der Waals surface area contributed by atoms with E-state index in [1.54, 1.807) is 7.11 Å². The number of hydrogen-bond donors (Lipinski definition) is 1. The standard InChI is InChI=1S/C16H26N4O/c1-3-7-17-14-8-16(19-15(18-14)11-21-2)20-9-12-5-4-6-13(12)10-20/h8,12-13H,3-7,9-11H2,1-2H3,(H,17,18,19). The van der Waals surface area contributed by atoms with Gasteiger partial charge < -0.3 is 15.0 Å². The van der Waals surface area contributed by atoms with Crippen LogP contribution in [-0.2, 0) is 11.3 Å². The minimum Gasteiger partial charge on any atom is -0.377 e. The molecule has 5 nitrogen and oxygen atoms in total. The van der Waals surface area contributed by atoms with E-state index < -0.39 is 0 Å². The van der Waals surface area contributed by atoms with Crippen molar-refractivity contribution in [3.63, 3.8) is 0 Å². The zero-order valence-corrected chi connectivity index (χ0v) is 13.1. The number of rotatable bonds is 6. The highest BCUT2D eigenvalue weighted by molar-refractivity contribution is 5.50. The molecule has 1 aromatic rings. The van der Waals surface area contributed by atoms with Crippen molar-refractivity contribution in [1.82, 2.24) is 9.97 Å². The molecule has 0 radical (unpaired) electrons. The van der Waals surface area contributed by atoms with Crippen molar-refractivity contribution in [3.8, 4) is 0 Å². The number of methoxy groups -OCH3 is 1. The summed E-state index contributed by atoms with van der Waals surface area (Å²) in [6.07, 6.45) is 5.27. The number of nitrogens with zero attached hydrogens (tertiary/aromatic N) is 3. The lowest BCUT2D eigenvalue weighted by Gasteiger charge is -2.20. The summed E-state index contributed by atoms with van der Waals surface area (Å²) in [7, 11) is 1.69. The Labute approximate surface area is 127 Å². The van der Waals surface area contributed by atoms with Gasteiger partial charge in [0.05, 0.1) is 0 Å². The minimum absolute atomic E-state index is 0.468. The zero-order chi connectivity index (χ0) is 14.7. The fourth-order valence-corrected chi connectivity index (χ4v) is 3.60. The molecule has 21 heavy (non-hydrogen) atoms. The number of anilines is 2. The second-order valence-corrected chi connectivity index (χ2v) is 6.24. The molecule has 0 spiro atoms. The summed E-state index contributed by atoms with van der Waals surface area (Å²) in [6, 6.07) is 2.09. The molecule has 5 heteroatoms. The van der Waals surface area contributed by atoms with E-state index in [9.17, 15) is 0 Å². The van der Waals surface area contributed by atoms with Crippen molar-refractivity contribution in [2.24, 2.45) is 11.8 Å². The van der Waals surface area contributed by atoms with Crippen LogP contribution in [0.1, 0.15) is 38.4 Å². The molecule has 0 amide bonds. The molecule has 1 aliphatic heterocycles. The first-order valence-corrected chi connectivity index (χ1v) is 8.16. The quantitative estimate of drug-likeness (QED) is 0.873. The second kappa shape index (κ2) is 6.60. The third-order valence-electron chi connectivity index (χ3n) is 4.64. The Morgan fingerprint density at radius 1 is 1.29 bits per heavy atom. The summed E-state index contributed by atoms with van der Waals surface area (Å²) in [4.78, 5) is 11.7. The maximum Gasteiger partial charge on any atom is 0.158 e. The molecular formula is C16H26N4O. The predicted molar refractivity (Wildman–Crippen MR) is 84.6 cm³/mol. The van der Waals surface area contributed by atoms with E-state index in [-0.39, 0.29) is 0 Å². The highest BCUT2D eigenvalue weighted by Crippen LogP contribution is 2.39. The molecule has 2 atom stereocenters. The van der Waals surface area contributed by atoms with E-state index in [0.717, 1.165) is 55.4 Å². The van der Waals surface area contributed by atoms with Crippen LogP contribution < -0.4 is 10.2 Å². The van der Waals surface area contributed by atoms with Crippen LogP contribution in [0.3, 0.4) is 0 Å². The van der Waals surface area contributed by atoms with Gasteiger partial charge in [0.25, 0.3) is 0 Å². The Kier molecular flexibility index (Phi) is 4.58. The molecule has 1 saturated carbocycles. The van der Waals surface area contributed by atoms with Crippen molar-refractivity contribution < 1.29 is 4.74 Å². The molecule has 0 aromatic carbocycles. The molecule has 1 saturated heterocycles. The van der Waals surface area contributed by atoms with E-state index in [0.29, 0.717) is 6.61 Å². The van der Waals surface area contributed by atoms with Gasteiger partial charge in [-0.1, -0.05) is 13.3 Å². The topological polar surface area (TPSA) is 50.3 Å². The van der Waals surface area contributed by atoms with Crippen LogP contribution in [0.2, 0.25) is 0 Å². The lowest BCUT2D eigenvalue weighted by molar-refractivity contribution is 0.178. The van der Waals surface area contributed by atoms with Crippen LogP contribution >= 0.6 is 0 Å². The normalized spacial score (nSPS) is 24.4. The Morgan fingerprint density at radius 3 is 2.71 bits per heavy atom. The SMILES string of the molecule is CCCNc1cc(N2CC3CCCC3C2)nc(COC)n1. The highest BCUT2D eigenvalue weighted by Gasteiger charge is 2.36. The van der Waals surface area contributed by atoms with E-state index in [1.165, 1.54) is 19.3 Å². The smallest absolute Gasteiger partial charge is 0.158 e. The van der Waals surface area contributed by atoms with E-state index >= 15 is 0 Å². The van der Waals surface area contributed by atoms with Crippen LogP contribution in [-0.4, -0.2) is 36.7 Å². The molecule has 1 N–H and O–H groups in total. The number of fused-ring (bicyclic) bond motifs is 1. The largest absolute Gasteiger partial charge is 0.377 e. The first kappa shape index (κ1) is 14.6. The first-order valence-electron chi connectivity index (χ1n) is 8.16. The van der Waals surface area contributed by atoms with E-state index in [2.05, 4.69) is 28.2 Å². The van der Waals surface area contributed by atoms with Crippen LogP contribution in [0.5, 0.6) is 0 Å². The van der Waals surface area contributed by atoms with Gasteiger partial charge in [0.2, 0.25) is 0 Å². The Bertz CT molecular complexity index is 467. The minimum atomic E-state index is 0.468. The average molecular weight is 290 g/mol. The van der Waals surface area contributed by atoms with Crippen LogP contribution in [0, 0.1) is 11.8 Å². The van der Waals surface area contributed by atoms with Crippen LogP contribution in [0.4, 0.5) is 11.6 Å². The van der Waals surface area contributed by atoms with Gasteiger partial charge in [-0.15, -0.1) is 0 Å². The molecule has 2 aliphatic rings. The van der Waals surface area contributed by atoms with Gasteiger partial charge in [0.1, 0.15) is 18.2 Å². The molecule has 3 rings (SSSR count). The third-order valence-corrected chi connectivity index (χ3v) is 4.64. The van der Waals surface area contributed by atoms with E-state index in [1.807, 2.05) is 0 Å². The van der Waals surface area contributed by atoms with Gasteiger partial charge in [-0.05, 0) is 31.1 Å². The van der Waals surface area contributed by atoms with Gasteiger partial charge in [-0.2, -0.15) is 0 Å². The van der Waals surface area contributed by atoms with Gasteiger partial charge in [-0.3, -0.25) is 0 Å². The summed E-state index contributed by atoms with van der Waals surface area (Å²) < 4.78 is 5.21. The number of nitrogens with one attached hydrogen (secondary N) is 1. The number of hydrogen-bond acceptors (Lipinski definition) is 5. The van der Waals surface area contributed by atoms with Gasteiger partial charge in [0, 0.05) is 32.8 Å². The Balaban J connectivity index is 1.78. The fourth-order valence-electron chi connectivity index (χ4n) is 3.60. The van der Waals surface area contributed by atoms with Crippen molar-refractivity contribution in [2.45, 2.75) is 39.2 Å². The van der Waals surface area contributed by atoms with Gasteiger partial charge >= 0.3 is 0 Å². The zero-order valence-electron chi connectivity index (χ0n) is 13.1. The summed E-state index contributed by atoms with van der Waals surface area (Å²) in [5.41, 5.74) is 0. The van der Waals surface area contributed by atoms with Gasteiger partial charge in [-0.25, -0.2) is 9.97 Å². The summed E-state index contributed by atoms with van der Waals surface area (Å²) in [5.74, 6) is 4.50. The molecule has 2 unspecified atom stereocenters. The maximum absolute atomic E-state index is 5.21. The monoisotopic (exact) mass is 290 g/mol. The van der Waals surface area contributed by atoms with Crippen LogP contribution in [0.25, 0.3) is 0 Å². The molecular weight excluding hydrogens is 264 g/mol. The number of ether oxygens (including phenoxy) is 1. The molecule has 2 heterocycles. The van der Waals surface area contributed by atoms with Crippen molar-refractivity contribution in [2.75, 3.05) is 37.0 Å². The second-order valence-electron chi connectivity index (χ2n) is 6.24. The molecule has 0 bridgehead atoms. The van der Waals surface area contributed by atoms with Crippen molar-refractivity contribution in [1.29, 1.82) is 0 Å². The predicted octanol–water partition coefficient (Wildman–Crippen LogP) is 2.68. The van der Waals surface area contributed by atoms with Crippen molar-refractivity contribution >= 4 is 11.6 Å². The summed E-state index contributed by atoms with van der Waals surface area (Å²) in [5, 5.41) is 3.37. The van der Waals surface area contributed by atoms with Gasteiger partial charge in [0.15, 0.2) is 5.82 Å². The number of aromatic nitrogens is 2. The average Bonchev–Trinajstić information content (AvgIpc) is 3.06. The Morgan fingerprint density at radius 2 is 2.05 bits per heavy atom. The maximum atomic E-state index is 5.21. The lowest BCUT2D eigenvalue weighted by Crippen LogP contribution is -2.23.